The third kappa shape index (κ3) is 10.0. The summed E-state index contributed by atoms with van der Waals surface area (Å²) in [5, 5.41) is 0. The van der Waals surface area contributed by atoms with Gasteiger partial charge in [0, 0.05) is 24.3 Å². The van der Waals surface area contributed by atoms with Crippen molar-refractivity contribution in [2.75, 3.05) is 27.4 Å². The minimum Gasteiger partial charge on any atom is -0.466 e. The second-order valence-corrected chi connectivity index (χ2v) is 4.93. The van der Waals surface area contributed by atoms with Crippen molar-refractivity contribution in [3.63, 3.8) is 0 Å². The standard InChI is InChI=1S/C18H22O12/c1-5-27-17(23)15(29-13(21)9-7-11(19)25-3)16(18(24)28-6-2)30-14(22)10-8-12(20)26-4/h7-10,15-16H,5-6H2,1-4H3/b9-7+,10-8+/t15-,16-/m1/s1. The molecule has 0 aliphatic heterocycles. The van der Waals surface area contributed by atoms with Crippen LogP contribution in [0.25, 0.3) is 0 Å². The molecule has 0 aliphatic rings. The molecule has 0 spiro atoms. The highest BCUT2D eigenvalue weighted by Gasteiger charge is 2.42. The van der Waals surface area contributed by atoms with Crippen molar-refractivity contribution >= 4 is 35.8 Å². The molecule has 0 aromatic heterocycles. The van der Waals surface area contributed by atoms with Crippen molar-refractivity contribution in [1.82, 2.24) is 0 Å². The van der Waals surface area contributed by atoms with Crippen molar-refractivity contribution in [3.8, 4) is 0 Å². The molecule has 166 valence electrons. The summed E-state index contributed by atoms with van der Waals surface area (Å²) >= 11 is 0. The van der Waals surface area contributed by atoms with Gasteiger partial charge in [0.15, 0.2) is 0 Å². The number of carbonyl (C=O) groups excluding carboxylic acids is 6. The molecular formula is C18H22O12. The lowest BCUT2D eigenvalue weighted by Crippen LogP contribution is -2.47. The van der Waals surface area contributed by atoms with E-state index in [1.807, 2.05) is 0 Å². The Bertz CT molecular complexity index is 646. The highest BCUT2D eigenvalue weighted by atomic mass is 16.6. The molecule has 0 aromatic rings. The van der Waals surface area contributed by atoms with Crippen LogP contribution in [-0.2, 0) is 57.2 Å². The molecule has 0 bridgehead atoms. The molecule has 0 saturated heterocycles. The van der Waals surface area contributed by atoms with E-state index in [0.29, 0.717) is 24.3 Å². The highest BCUT2D eigenvalue weighted by Crippen LogP contribution is 2.12. The predicted molar refractivity (Wildman–Crippen MR) is 95.3 cm³/mol. The molecule has 0 saturated carbocycles. The van der Waals surface area contributed by atoms with E-state index in [1.165, 1.54) is 13.8 Å². The summed E-state index contributed by atoms with van der Waals surface area (Å²) in [6.45, 7) is 2.57. The minimum atomic E-state index is -2.06. The zero-order valence-electron chi connectivity index (χ0n) is 16.8. The molecule has 2 atom stereocenters. The Balaban J connectivity index is 5.73. The van der Waals surface area contributed by atoms with Gasteiger partial charge < -0.3 is 28.4 Å². The maximum atomic E-state index is 12.2. The van der Waals surface area contributed by atoms with Crippen LogP contribution < -0.4 is 0 Å². The van der Waals surface area contributed by atoms with E-state index in [9.17, 15) is 28.8 Å². The fraction of sp³-hybridized carbons (Fsp3) is 0.444. The largest absolute Gasteiger partial charge is 0.466 e. The third-order valence-corrected chi connectivity index (χ3v) is 2.91. The van der Waals surface area contributed by atoms with Gasteiger partial charge in [-0.1, -0.05) is 0 Å². The number of hydrogen-bond donors (Lipinski definition) is 0. The predicted octanol–water partition coefficient (Wildman–Crippen LogP) is -0.605. The SMILES string of the molecule is CCOC(=O)[C@H](OC(=O)/C=C/C(=O)OC)[C@@H](OC(=O)/C=C/C(=O)OC)C(=O)OCC. The topological polar surface area (TPSA) is 158 Å². The number of esters is 6. The zero-order valence-corrected chi connectivity index (χ0v) is 16.8. The lowest BCUT2D eigenvalue weighted by Gasteiger charge is -2.23. The van der Waals surface area contributed by atoms with Gasteiger partial charge in [0.1, 0.15) is 0 Å². The highest BCUT2D eigenvalue weighted by molar-refractivity contribution is 5.96. The summed E-state index contributed by atoms with van der Waals surface area (Å²) in [5.41, 5.74) is 0. The van der Waals surface area contributed by atoms with E-state index in [2.05, 4.69) is 9.47 Å². The zero-order chi connectivity index (χ0) is 23.1. The van der Waals surface area contributed by atoms with E-state index in [-0.39, 0.29) is 13.2 Å². The molecule has 12 nitrogen and oxygen atoms in total. The molecule has 12 heteroatoms. The van der Waals surface area contributed by atoms with Gasteiger partial charge in [0.2, 0.25) is 12.2 Å². The van der Waals surface area contributed by atoms with E-state index >= 15 is 0 Å². The quantitative estimate of drug-likeness (QED) is 0.233. The molecule has 0 fully saturated rings. The van der Waals surface area contributed by atoms with Gasteiger partial charge in [-0.3, -0.25) is 0 Å². The van der Waals surface area contributed by atoms with E-state index < -0.39 is 48.0 Å². The maximum Gasteiger partial charge on any atom is 0.352 e. The van der Waals surface area contributed by atoms with Crippen molar-refractivity contribution in [3.05, 3.63) is 24.3 Å². The van der Waals surface area contributed by atoms with Crippen molar-refractivity contribution < 1.29 is 57.2 Å². The Morgan fingerprint density at radius 3 is 1.17 bits per heavy atom. The second kappa shape index (κ2) is 14.3. The monoisotopic (exact) mass is 430 g/mol. The molecule has 0 heterocycles. The first-order valence-corrected chi connectivity index (χ1v) is 8.46. The number of methoxy groups -OCH3 is 2. The fourth-order valence-corrected chi connectivity index (χ4v) is 1.65. The fourth-order valence-electron chi connectivity index (χ4n) is 1.65. The van der Waals surface area contributed by atoms with Crippen LogP contribution >= 0.6 is 0 Å². The summed E-state index contributed by atoms with van der Waals surface area (Å²) in [7, 11) is 2.13. The van der Waals surface area contributed by atoms with Gasteiger partial charge in [-0.05, 0) is 13.8 Å². The van der Waals surface area contributed by atoms with Gasteiger partial charge in [0.25, 0.3) is 0 Å². The number of rotatable bonds is 11. The van der Waals surface area contributed by atoms with E-state index in [1.54, 1.807) is 0 Å². The number of ether oxygens (including phenoxy) is 6. The summed E-state index contributed by atoms with van der Waals surface area (Å²) in [5.74, 6) is -6.70. The second-order valence-electron chi connectivity index (χ2n) is 4.93. The summed E-state index contributed by atoms with van der Waals surface area (Å²) < 4.78 is 27.7. The van der Waals surface area contributed by atoms with Crippen LogP contribution in [0.5, 0.6) is 0 Å². The minimum absolute atomic E-state index is 0.156. The average Bonchev–Trinajstić information content (AvgIpc) is 2.72. The first-order valence-electron chi connectivity index (χ1n) is 8.46. The van der Waals surface area contributed by atoms with Crippen LogP contribution in [0.1, 0.15) is 13.8 Å². The van der Waals surface area contributed by atoms with Crippen LogP contribution in [-0.4, -0.2) is 75.5 Å². The van der Waals surface area contributed by atoms with Crippen LogP contribution in [0.15, 0.2) is 24.3 Å². The Morgan fingerprint density at radius 2 is 0.900 bits per heavy atom. The molecule has 0 rings (SSSR count). The first-order chi connectivity index (χ1) is 14.2. The molecule has 0 unspecified atom stereocenters. The summed E-state index contributed by atoms with van der Waals surface area (Å²) in [6.07, 6.45) is -1.47. The molecular weight excluding hydrogens is 408 g/mol. The van der Waals surface area contributed by atoms with Crippen LogP contribution in [0.4, 0.5) is 0 Å². The van der Waals surface area contributed by atoms with Gasteiger partial charge in [-0.25, -0.2) is 28.8 Å². The number of carbonyl (C=O) groups is 6. The lowest BCUT2D eigenvalue weighted by molar-refractivity contribution is -0.188. The molecule has 0 aliphatic carbocycles. The Hall–Kier alpha value is -3.70. The normalized spacial score (nSPS) is 12.5. The van der Waals surface area contributed by atoms with Crippen molar-refractivity contribution in [2.45, 2.75) is 26.1 Å². The smallest absolute Gasteiger partial charge is 0.352 e. The average molecular weight is 430 g/mol. The van der Waals surface area contributed by atoms with Gasteiger partial charge in [-0.2, -0.15) is 0 Å². The molecule has 0 N–H and O–H groups in total. The van der Waals surface area contributed by atoms with Gasteiger partial charge >= 0.3 is 35.8 Å². The lowest BCUT2D eigenvalue weighted by atomic mass is 10.2. The summed E-state index contributed by atoms with van der Waals surface area (Å²) in [6, 6.07) is 0. The van der Waals surface area contributed by atoms with E-state index in [4.69, 9.17) is 18.9 Å². The molecule has 30 heavy (non-hydrogen) atoms. The Kier molecular flexibility index (Phi) is 12.6. The van der Waals surface area contributed by atoms with Crippen LogP contribution in [0.2, 0.25) is 0 Å². The number of hydrogen-bond acceptors (Lipinski definition) is 12. The maximum absolute atomic E-state index is 12.2. The third-order valence-electron chi connectivity index (χ3n) is 2.91. The Morgan fingerprint density at radius 1 is 0.600 bits per heavy atom. The summed E-state index contributed by atoms with van der Waals surface area (Å²) in [4.78, 5) is 70.4. The van der Waals surface area contributed by atoms with Crippen molar-refractivity contribution in [1.29, 1.82) is 0 Å². The first kappa shape index (κ1) is 26.3. The van der Waals surface area contributed by atoms with E-state index in [0.717, 1.165) is 14.2 Å². The van der Waals surface area contributed by atoms with Gasteiger partial charge in [-0.15, -0.1) is 0 Å². The Labute approximate surface area is 171 Å². The molecule has 0 radical (unpaired) electrons. The molecule has 0 amide bonds. The van der Waals surface area contributed by atoms with Crippen LogP contribution in [0, 0.1) is 0 Å². The van der Waals surface area contributed by atoms with Gasteiger partial charge in [0.05, 0.1) is 27.4 Å². The van der Waals surface area contributed by atoms with Crippen molar-refractivity contribution in [2.24, 2.45) is 0 Å². The van der Waals surface area contributed by atoms with Crippen LogP contribution in [0.3, 0.4) is 0 Å². The molecule has 0 aromatic carbocycles.